The number of hydrogen-bond acceptors (Lipinski definition) is 10. The van der Waals surface area contributed by atoms with Gasteiger partial charge in [-0.05, 0) is 41.9 Å². The maximum absolute atomic E-state index is 13.4. The molecule has 0 radical (unpaired) electrons. The first-order valence-corrected chi connectivity index (χ1v) is 12.7. The van der Waals surface area contributed by atoms with E-state index in [1.807, 2.05) is 0 Å². The van der Waals surface area contributed by atoms with Gasteiger partial charge >= 0.3 is 6.18 Å². The second-order valence-corrected chi connectivity index (χ2v) is 9.82. The van der Waals surface area contributed by atoms with Crippen molar-refractivity contribution in [3.05, 3.63) is 69.9 Å². The van der Waals surface area contributed by atoms with Crippen LogP contribution in [0.5, 0.6) is 0 Å². The number of halogens is 3. The van der Waals surface area contributed by atoms with Crippen LogP contribution >= 0.6 is 11.5 Å². The summed E-state index contributed by atoms with van der Waals surface area (Å²) in [6.07, 6.45) is -6.50. The number of hydrogen-bond donors (Lipinski definition) is 3. The van der Waals surface area contributed by atoms with Crippen LogP contribution in [0.15, 0.2) is 47.4 Å². The van der Waals surface area contributed by atoms with Gasteiger partial charge in [0.15, 0.2) is 11.9 Å². The third-order valence-corrected chi connectivity index (χ3v) is 7.50. The van der Waals surface area contributed by atoms with Gasteiger partial charge in [0, 0.05) is 17.6 Å². The smallest absolute Gasteiger partial charge is 0.382 e. The summed E-state index contributed by atoms with van der Waals surface area (Å²) in [5.41, 5.74) is 3.92. The average molecular weight is 583 g/mol. The highest BCUT2D eigenvalue weighted by molar-refractivity contribution is 7.14. The number of carbonyl (C=O) groups excluding carboxylic acids is 1. The Morgan fingerprint density at radius 1 is 1.24 bits per heavy atom. The number of nitrogens with two attached hydrogens (primary N) is 1. The molecule has 5 aromatic rings. The van der Waals surface area contributed by atoms with Crippen LogP contribution in [0.3, 0.4) is 0 Å². The topological polar surface area (TPSA) is 176 Å². The fourth-order valence-corrected chi connectivity index (χ4v) is 5.47. The summed E-state index contributed by atoms with van der Waals surface area (Å²) in [7, 11) is 0. The number of aliphatic hydroxyl groups is 1. The van der Waals surface area contributed by atoms with Gasteiger partial charge in [0.25, 0.3) is 11.5 Å². The Balaban J connectivity index is 1.28. The van der Waals surface area contributed by atoms with Crippen LogP contribution in [0, 0.1) is 11.3 Å². The van der Waals surface area contributed by atoms with Crippen LogP contribution in [-0.4, -0.2) is 54.4 Å². The summed E-state index contributed by atoms with van der Waals surface area (Å²) in [6.45, 7) is 0.0423. The zero-order chi connectivity index (χ0) is 29.1. The largest absolute Gasteiger partial charge is 0.417 e. The van der Waals surface area contributed by atoms with Crippen LogP contribution in [0.2, 0.25) is 0 Å². The zero-order valence-corrected chi connectivity index (χ0v) is 21.4. The molecule has 1 fully saturated rings. The molecule has 4 N–H and O–H groups in total. The number of nitrogen functional groups attached to an aromatic ring is 1. The van der Waals surface area contributed by atoms with E-state index in [-0.39, 0.29) is 41.7 Å². The number of benzene rings is 2. The van der Waals surface area contributed by atoms with Gasteiger partial charge in [0.2, 0.25) is 0 Å². The Hall–Kier alpha value is -4.85. The maximum atomic E-state index is 13.4. The lowest BCUT2D eigenvalue weighted by Crippen LogP contribution is -2.50. The third kappa shape index (κ3) is 4.45. The SMILES string of the molecule is N#Cc1ccc(-n2ccc(N3CCOC([C@@H](O)c4nc(=O)c5c(ccc6c(N)nsc65)[nH]4)C3=O)n2)cc1C(F)(F)F. The van der Waals surface area contributed by atoms with Crippen LogP contribution in [0.25, 0.3) is 26.7 Å². The van der Waals surface area contributed by atoms with E-state index >= 15 is 0 Å². The normalized spacial score (nSPS) is 16.8. The molecule has 2 aromatic carbocycles. The van der Waals surface area contributed by atoms with Gasteiger partial charge in [-0.15, -0.1) is 5.10 Å². The molecule has 1 amide bonds. The Kier molecular flexibility index (Phi) is 6.21. The van der Waals surface area contributed by atoms with Crippen molar-refractivity contribution in [1.82, 2.24) is 24.1 Å². The number of nitrogens with zero attached hydrogens (tertiary/aromatic N) is 6. The predicted molar refractivity (Wildman–Crippen MR) is 140 cm³/mol. The number of ether oxygens (including phenoxy) is 1. The fourth-order valence-electron chi connectivity index (χ4n) is 4.62. The number of nitriles is 1. The fraction of sp³-hybridized carbons (Fsp3) is 0.200. The van der Waals surface area contributed by atoms with Crippen LogP contribution in [0.4, 0.5) is 24.8 Å². The highest BCUT2D eigenvalue weighted by atomic mass is 32.1. The number of H-pyrrole nitrogens is 1. The number of amides is 1. The lowest BCUT2D eigenvalue weighted by atomic mass is 10.1. The molecule has 0 bridgehead atoms. The minimum atomic E-state index is -4.75. The number of aliphatic hydroxyl groups excluding tert-OH is 1. The van der Waals surface area contributed by atoms with Crippen LogP contribution < -0.4 is 16.2 Å². The molecule has 1 unspecified atom stereocenters. The third-order valence-electron chi connectivity index (χ3n) is 6.60. The van der Waals surface area contributed by atoms with E-state index < -0.39 is 41.0 Å². The Bertz CT molecular complexity index is 1940. The van der Waals surface area contributed by atoms with Gasteiger partial charge in [0.1, 0.15) is 17.7 Å². The van der Waals surface area contributed by atoms with Crippen LogP contribution in [0.1, 0.15) is 23.1 Å². The van der Waals surface area contributed by atoms with E-state index in [4.69, 9.17) is 15.7 Å². The lowest BCUT2D eigenvalue weighted by molar-refractivity contribution is -0.143. The minimum Gasteiger partial charge on any atom is -0.382 e. The first kappa shape index (κ1) is 26.4. The monoisotopic (exact) mass is 582 g/mol. The van der Waals surface area contributed by atoms with E-state index in [9.17, 15) is 27.9 Å². The molecule has 0 saturated carbocycles. The number of fused-ring (bicyclic) bond motifs is 3. The molecule has 1 saturated heterocycles. The number of aromatic nitrogens is 5. The summed E-state index contributed by atoms with van der Waals surface area (Å²) in [6, 6.07) is 9.34. The van der Waals surface area contributed by atoms with Crippen molar-refractivity contribution in [3.63, 3.8) is 0 Å². The number of carbonyl (C=O) groups is 1. The van der Waals surface area contributed by atoms with Gasteiger partial charge in [-0.3, -0.25) is 14.5 Å². The average Bonchev–Trinajstić information content (AvgIpc) is 3.59. The number of nitrogens with one attached hydrogen (secondary N) is 1. The van der Waals surface area contributed by atoms with Crippen molar-refractivity contribution < 1.29 is 27.8 Å². The quantitative estimate of drug-likeness (QED) is 0.288. The van der Waals surface area contributed by atoms with Crippen molar-refractivity contribution in [2.24, 2.45) is 0 Å². The van der Waals surface area contributed by atoms with Gasteiger partial charge in [0.05, 0.1) is 51.6 Å². The van der Waals surface area contributed by atoms with Gasteiger partial charge in [-0.1, -0.05) is 0 Å². The van der Waals surface area contributed by atoms with Gasteiger partial charge in [-0.25, -0.2) is 4.68 Å². The van der Waals surface area contributed by atoms with Crippen molar-refractivity contribution >= 4 is 50.1 Å². The van der Waals surface area contributed by atoms with E-state index in [1.165, 1.54) is 29.3 Å². The van der Waals surface area contributed by atoms with E-state index in [0.717, 1.165) is 28.3 Å². The molecular weight excluding hydrogens is 565 g/mol. The number of morpholine rings is 1. The second-order valence-electron chi connectivity index (χ2n) is 9.04. The van der Waals surface area contributed by atoms with E-state index in [0.29, 0.717) is 15.6 Å². The van der Waals surface area contributed by atoms with Crippen molar-refractivity contribution in [2.75, 3.05) is 23.8 Å². The van der Waals surface area contributed by atoms with Crippen molar-refractivity contribution in [3.8, 4) is 11.8 Å². The molecule has 208 valence electrons. The summed E-state index contributed by atoms with van der Waals surface area (Å²) in [5.74, 6) is -0.516. The molecule has 2 atom stereocenters. The molecule has 6 rings (SSSR count). The highest BCUT2D eigenvalue weighted by Gasteiger charge is 2.39. The van der Waals surface area contributed by atoms with E-state index in [1.54, 1.807) is 12.1 Å². The van der Waals surface area contributed by atoms with Gasteiger partial charge in [-0.2, -0.15) is 27.8 Å². The maximum Gasteiger partial charge on any atom is 0.417 e. The van der Waals surface area contributed by atoms with Crippen molar-refractivity contribution in [2.45, 2.75) is 18.4 Å². The Labute approximate surface area is 231 Å². The van der Waals surface area contributed by atoms with Gasteiger partial charge < -0.3 is 20.6 Å². The Morgan fingerprint density at radius 2 is 2.05 bits per heavy atom. The zero-order valence-electron chi connectivity index (χ0n) is 20.6. The molecule has 12 nitrogen and oxygen atoms in total. The molecule has 0 aliphatic carbocycles. The first-order valence-electron chi connectivity index (χ1n) is 11.9. The molecule has 41 heavy (non-hydrogen) atoms. The second kappa shape index (κ2) is 9.66. The number of alkyl halides is 3. The van der Waals surface area contributed by atoms with E-state index in [2.05, 4.69) is 19.4 Å². The molecule has 16 heteroatoms. The number of aromatic amines is 1. The standard InChI is InChI=1S/C25H17F3N8O4S/c26-25(27,28)14-9-12(2-1-11(14)10-29)36-6-5-16(33-36)35-7-8-40-19(24(35)39)18(37)22-31-15-4-3-13-20(41-34-21(13)30)17(15)23(38)32-22/h1-6,9,18-19,37H,7-8H2,(H2,30,34)(H,31,32,38)/t18-,19?/m1/s1. The number of anilines is 2. The Morgan fingerprint density at radius 3 is 2.80 bits per heavy atom. The molecule has 3 aromatic heterocycles. The highest BCUT2D eigenvalue weighted by Crippen LogP contribution is 2.34. The minimum absolute atomic E-state index is 0.00596. The summed E-state index contributed by atoms with van der Waals surface area (Å²) in [5, 5.41) is 25.1. The lowest BCUT2D eigenvalue weighted by Gasteiger charge is -2.32. The molecule has 1 aliphatic rings. The molecule has 1 aliphatic heterocycles. The molecule has 4 heterocycles. The number of rotatable bonds is 4. The summed E-state index contributed by atoms with van der Waals surface area (Å²) in [4.78, 5) is 34.3. The van der Waals surface area contributed by atoms with Crippen molar-refractivity contribution in [1.29, 1.82) is 5.26 Å². The predicted octanol–water partition coefficient (Wildman–Crippen LogP) is 2.66. The molecular formula is C25H17F3N8O4S. The van der Waals surface area contributed by atoms with Crippen LogP contribution in [-0.2, 0) is 15.7 Å². The summed E-state index contributed by atoms with van der Waals surface area (Å²) >= 11 is 1.04. The first-order chi connectivity index (χ1) is 19.6. The molecule has 0 spiro atoms. The summed E-state index contributed by atoms with van der Waals surface area (Å²) < 4.78 is 51.5.